The molecule has 0 radical (unpaired) electrons. The molecule has 30 heavy (non-hydrogen) atoms. The van der Waals surface area contributed by atoms with Gasteiger partial charge in [0.15, 0.2) is 6.04 Å². The molecule has 1 unspecified atom stereocenters. The Morgan fingerprint density at radius 1 is 1.37 bits per heavy atom. The molecule has 0 aromatic carbocycles. The summed E-state index contributed by atoms with van der Waals surface area (Å²) >= 11 is 0. The lowest BCUT2D eigenvalue weighted by Crippen LogP contribution is -2.41. The lowest BCUT2D eigenvalue weighted by atomic mass is 9.94. The fourth-order valence-corrected chi connectivity index (χ4v) is 4.21. The van der Waals surface area contributed by atoms with E-state index in [9.17, 15) is 18.0 Å². The Bertz CT molecular complexity index is 941. The van der Waals surface area contributed by atoms with Crippen LogP contribution >= 0.6 is 0 Å². The number of alkyl halides is 3. The highest BCUT2D eigenvalue weighted by molar-refractivity contribution is 5.98. The first-order valence-corrected chi connectivity index (χ1v) is 10.1. The predicted molar refractivity (Wildman–Crippen MR) is 106 cm³/mol. The predicted octanol–water partition coefficient (Wildman–Crippen LogP) is 3.43. The van der Waals surface area contributed by atoms with Crippen LogP contribution in [0.15, 0.2) is 24.4 Å². The van der Waals surface area contributed by atoms with Crippen LogP contribution in [0.1, 0.15) is 54.7 Å². The molecule has 2 aromatic heterocycles. The number of carbonyl (C=O) groups is 1. The van der Waals surface area contributed by atoms with E-state index in [0.717, 1.165) is 4.68 Å². The summed E-state index contributed by atoms with van der Waals surface area (Å²) in [6.07, 6.45) is -2.27. The average Bonchev–Trinajstić information content (AvgIpc) is 3.33. The molecule has 1 fully saturated rings. The van der Waals surface area contributed by atoms with Gasteiger partial charge in [-0.3, -0.25) is 4.79 Å². The number of nitrogens with two attached hydrogens (primary N) is 1. The second-order valence-corrected chi connectivity index (χ2v) is 8.36. The van der Waals surface area contributed by atoms with E-state index in [4.69, 9.17) is 5.73 Å². The number of hydrogen-bond acceptors (Lipinski definition) is 5. The minimum Gasteiger partial charge on any atom is -0.383 e. The van der Waals surface area contributed by atoms with E-state index < -0.39 is 12.2 Å². The number of rotatable bonds is 3. The van der Waals surface area contributed by atoms with Crippen molar-refractivity contribution in [2.75, 3.05) is 24.1 Å². The van der Waals surface area contributed by atoms with Crippen LogP contribution in [0.2, 0.25) is 0 Å². The number of likely N-dealkylation sites (tertiary alicyclic amines) is 1. The van der Waals surface area contributed by atoms with Gasteiger partial charge >= 0.3 is 6.18 Å². The molecule has 0 aliphatic carbocycles. The molecule has 4 heterocycles. The second kappa shape index (κ2) is 7.48. The van der Waals surface area contributed by atoms with Gasteiger partial charge < -0.3 is 16.0 Å². The minimum absolute atomic E-state index is 0.0507. The molecule has 3 atom stereocenters. The van der Waals surface area contributed by atoms with Crippen molar-refractivity contribution in [1.29, 1.82) is 0 Å². The Hall–Kier alpha value is -2.78. The maximum absolute atomic E-state index is 13.7. The van der Waals surface area contributed by atoms with Gasteiger partial charge in [-0.15, -0.1) is 0 Å². The number of pyridine rings is 1. The fraction of sp³-hybridized carbons (Fsp3) is 0.550. The molecule has 4 rings (SSSR count). The van der Waals surface area contributed by atoms with Crippen LogP contribution in [0.5, 0.6) is 0 Å². The monoisotopic (exact) mass is 422 g/mol. The first-order chi connectivity index (χ1) is 14.1. The summed E-state index contributed by atoms with van der Waals surface area (Å²) in [7, 11) is 0. The van der Waals surface area contributed by atoms with Gasteiger partial charge in [0.2, 0.25) is 0 Å². The van der Waals surface area contributed by atoms with Gasteiger partial charge in [-0.05, 0) is 30.9 Å². The van der Waals surface area contributed by atoms with Crippen LogP contribution in [0.25, 0.3) is 0 Å². The molecule has 2 aromatic rings. The van der Waals surface area contributed by atoms with Gasteiger partial charge in [0, 0.05) is 37.3 Å². The molecule has 2 aliphatic rings. The highest BCUT2D eigenvalue weighted by Gasteiger charge is 2.47. The summed E-state index contributed by atoms with van der Waals surface area (Å²) in [6.45, 7) is 4.68. The van der Waals surface area contributed by atoms with E-state index in [2.05, 4.69) is 15.4 Å². The van der Waals surface area contributed by atoms with E-state index in [-0.39, 0.29) is 36.0 Å². The maximum Gasteiger partial charge on any atom is 0.410 e. The number of nitrogens with one attached hydrogen (secondary N) is 1. The van der Waals surface area contributed by atoms with Gasteiger partial charge in [-0.1, -0.05) is 13.8 Å². The largest absolute Gasteiger partial charge is 0.410 e. The van der Waals surface area contributed by atoms with Crippen molar-refractivity contribution in [2.45, 2.75) is 50.9 Å². The Labute approximate surface area is 172 Å². The number of nitrogens with zero attached hydrogens (tertiary/aromatic N) is 4. The fourth-order valence-electron chi connectivity index (χ4n) is 4.21. The van der Waals surface area contributed by atoms with Crippen molar-refractivity contribution in [1.82, 2.24) is 19.7 Å². The van der Waals surface area contributed by atoms with Crippen LogP contribution in [0.4, 0.5) is 24.8 Å². The molecule has 10 heteroatoms. The van der Waals surface area contributed by atoms with Gasteiger partial charge in [0.1, 0.15) is 11.6 Å². The highest BCUT2D eigenvalue weighted by atomic mass is 19.4. The average molecular weight is 422 g/mol. The van der Waals surface area contributed by atoms with Crippen LogP contribution in [0.3, 0.4) is 0 Å². The number of anilines is 2. The van der Waals surface area contributed by atoms with Gasteiger partial charge in [0.25, 0.3) is 5.91 Å². The van der Waals surface area contributed by atoms with E-state index in [1.807, 2.05) is 13.8 Å². The van der Waals surface area contributed by atoms with Crippen molar-refractivity contribution in [3.63, 3.8) is 0 Å². The standard InChI is InChI=1S/C20H25F3N6O/c1-11(2)14-8-16(20(21,22)23)29-17(26-14)9-15(27-29)12-5-7-28(10-12)19(30)13-4-3-6-25-18(13)24/h3-4,6,9,11-12,14,16,26H,5,7-8,10H2,1-2H3,(H2,24,25)/t12?,14-,16+/m0/s1. The van der Waals surface area contributed by atoms with Crippen LogP contribution in [0, 0.1) is 5.92 Å². The van der Waals surface area contributed by atoms with Crippen LogP contribution in [-0.2, 0) is 0 Å². The van der Waals surface area contributed by atoms with E-state index in [1.165, 1.54) is 6.20 Å². The summed E-state index contributed by atoms with van der Waals surface area (Å²) < 4.78 is 42.1. The number of fused-ring (bicyclic) bond motifs is 1. The normalized spacial score (nSPS) is 24.1. The van der Waals surface area contributed by atoms with Gasteiger partial charge in [-0.25, -0.2) is 9.67 Å². The molecule has 0 spiro atoms. The summed E-state index contributed by atoms with van der Waals surface area (Å²) in [6, 6.07) is 3.05. The summed E-state index contributed by atoms with van der Waals surface area (Å²) in [5, 5.41) is 7.52. The number of aromatic nitrogens is 3. The Balaban J connectivity index is 1.55. The Morgan fingerprint density at radius 3 is 2.80 bits per heavy atom. The maximum atomic E-state index is 13.7. The van der Waals surface area contributed by atoms with Gasteiger partial charge in [0.05, 0.1) is 11.3 Å². The van der Waals surface area contributed by atoms with Crippen molar-refractivity contribution in [3.05, 3.63) is 35.7 Å². The number of hydrogen-bond donors (Lipinski definition) is 2. The second-order valence-electron chi connectivity index (χ2n) is 8.36. The van der Waals surface area contributed by atoms with Crippen molar-refractivity contribution >= 4 is 17.5 Å². The first-order valence-electron chi connectivity index (χ1n) is 10.1. The van der Waals surface area contributed by atoms with Crippen molar-refractivity contribution < 1.29 is 18.0 Å². The zero-order chi connectivity index (χ0) is 21.6. The SMILES string of the molecule is CC(C)[C@@H]1C[C@H](C(F)(F)F)n2nc(C3CCN(C(=O)c4cccnc4N)C3)cc2N1. The van der Waals surface area contributed by atoms with Crippen molar-refractivity contribution in [3.8, 4) is 0 Å². The minimum atomic E-state index is -4.37. The summed E-state index contributed by atoms with van der Waals surface area (Å²) in [5.41, 5.74) is 6.71. The zero-order valence-corrected chi connectivity index (χ0v) is 16.9. The molecular formula is C20H25F3N6O. The van der Waals surface area contributed by atoms with E-state index in [1.54, 1.807) is 23.1 Å². The smallest absolute Gasteiger partial charge is 0.383 e. The van der Waals surface area contributed by atoms with E-state index >= 15 is 0 Å². The number of halogens is 3. The molecule has 2 aliphatic heterocycles. The first kappa shape index (κ1) is 20.5. The third-order valence-electron chi connectivity index (χ3n) is 6.01. The van der Waals surface area contributed by atoms with Gasteiger partial charge in [-0.2, -0.15) is 18.3 Å². The lowest BCUT2D eigenvalue weighted by Gasteiger charge is -2.35. The van der Waals surface area contributed by atoms with E-state index in [0.29, 0.717) is 36.6 Å². The Kier molecular flexibility index (Phi) is 5.11. The lowest BCUT2D eigenvalue weighted by molar-refractivity contribution is -0.174. The zero-order valence-electron chi connectivity index (χ0n) is 16.9. The van der Waals surface area contributed by atoms with Crippen LogP contribution in [-0.4, -0.2) is 50.9 Å². The van der Waals surface area contributed by atoms with Crippen molar-refractivity contribution in [2.24, 2.45) is 5.92 Å². The molecule has 1 amide bonds. The molecule has 0 bridgehead atoms. The molecule has 3 N–H and O–H groups in total. The molecule has 1 saturated heterocycles. The number of nitrogen functional groups attached to an aromatic ring is 1. The quantitative estimate of drug-likeness (QED) is 0.791. The van der Waals surface area contributed by atoms with Crippen LogP contribution < -0.4 is 11.1 Å². The summed E-state index contributed by atoms with van der Waals surface area (Å²) in [5.74, 6) is 0.266. The third-order valence-corrected chi connectivity index (χ3v) is 6.01. The number of carbonyl (C=O) groups excluding carboxylic acids is 1. The summed E-state index contributed by atoms with van der Waals surface area (Å²) in [4.78, 5) is 18.4. The Morgan fingerprint density at radius 2 is 2.13 bits per heavy atom. The molecular weight excluding hydrogens is 397 g/mol. The third kappa shape index (κ3) is 3.70. The molecule has 162 valence electrons. The molecule has 0 saturated carbocycles. The number of amides is 1. The highest BCUT2D eigenvalue weighted by Crippen LogP contribution is 2.42. The molecule has 7 nitrogen and oxygen atoms in total. The topological polar surface area (TPSA) is 89.1 Å².